The molecule has 0 aliphatic carbocycles. The number of hydrogen-bond donors (Lipinski definition) is 1. The molecule has 1 aromatic heterocycles. The molecule has 2 rings (SSSR count). The molecule has 0 spiro atoms. The number of anilines is 1. The number of nitrogens with zero attached hydrogens (tertiary/aromatic N) is 1. The lowest BCUT2D eigenvalue weighted by atomic mass is 10.2. The highest BCUT2D eigenvalue weighted by atomic mass is 127. The molecular weight excluding hydrogens is 478 g/mol. The number of aromatic nitrogens is 1. The first kappa shape index (κ1) is 16.0. The number of aryl methyl sites for hydroxylation is 1. The summed E-state index contributed by atoms with van der Waals surface area (Å²) in [6.45, 7) is 1.81. The second kappa shape index (κ2) is 6.60. The van der Waals surface area contributed by atoms with Gasteiger partial charge in [-0.05, 0) is 59.3 Å². The predicted molar refractivity (Wildman–Crippen MR) is 93.8 cm³/mol. The summed E-state index contributed by atoms with van der Waals surface area (Å²) in [5.41, 5.74) is 1.79. The highest BCUT2D eigenvalue weighted by Crippen LogP contribution is 2.27. The van der Waals surface area contributed by atoms with Gasteiger partial charge in [-0.1, -0.05) is 39.1 Å². The van der Waals surface area contributed by atoms with Crippen molar-refractivity contribution in [1.29, 1.82) is 0 Å². The predicted octanol–water partition coefficient (Wildman–Crippen LogP) is 5.32. The van der Waals surface area contributed by atoms with Crippen molar-refractivity contribution < 1.29 is 4.79 Å². The van der Waals surface area contributed by atoms with Crippen LogP contribution < -0.4 is 5.32 Å². The summed E-state index contributed by atoms with van der Waals surface area (Å²) < 4.78 is 1.68. The number of carbonyl (C=O) groups excluding carboxylic acids is 1. The second-order valence-corrected chi connectivity index (χ2v) is 6.83. The maximum Gasteiger partial charge on any atom is 0.256 e. The Kier molecular flexibility index (Phi) is 5.28. The van der Waals surface area contributed by atoms with E-state index in [0.717, 1.165) is 13.6 Å². The van der Waals surface area contributed by atoms with Crippen LogP contribution in [0.2, 0.25) is 10.3 Å². The van der Waals surface area contributed by atoms with Gasteiger partial charge in [0.2, 0.25) is 0 Å². The minimum absolute atomic E-state index is 0.174. The third-order valence-corrected chi connectivity index (χ3v) is 4.45. The normalized spacial score (nSPS) is 10.4. The van der Waals surface area contributed by atoms with Crippen LogP contribution in [-0.4, -0.2) is 10.9 Å². The monoisotopic (exact) mass is 484 g/mol. The standard InChI is InChI=1S/C13H8BrCl2IN2O/c1-6-4-10(15)18-12(16)11(6)19-13(20)8-5-7(14)2-3-9(8)17/h2-5H,1H3,(H,19,20). The van der Waals surface area contributed by atoms with E-state index in [2.05, 4.69) is 48.8 Å². The summed E-state index contributed by atoms with van der Waals surface area (Å²) in [4.78, 5) is 16.2. The molecule has 0 aliphatic rings. The number of benzene rings is 1. The largest absolute Gasteiger partial charge is 0.319 e. The van der Waals surface area contributed by atoms with Crippen molar-refractivity contribution in [2.45, 2.75) is 6.92 Å². The zero-order chi connectivity index (χ0) is 14.9. The van der Waals surface area contributed by atoms with E-state index in [4.69, 9.17) is 23.2 Å². The molecule has 3 nitrogen and oxygen atoms in total. The first-order valence-electron chi connectivity index (χ1n) is 5.47. The Morgan fingerprint density at radius 2 is 2.05 bits per heavy atom. The van der Waals surface area contributed by atoms with Crippen molar-refractivity contribution in [2.75, 3.05) is 5.32 Å². The van der Waals surface area contributed by atoms with E-state index < -0.39 is 0 Å². The van der Waals surface area contributed by atoms with Gasteiger partial charge in [0.25, 0.3) is 5.91 Å². The molecule has 1 heterocycles. The summed E-state index contributed by atoms with van der Waals surface area (Å²) >= 11 is 17.3. The van der Waals surface area contributed by atoms with Crippen LogP contribution in [0, 0.1) is 10.5 Å². The molecule has 7 heteroatoms. The SMILES string of the molecule is Cc1cc(Cl)nc(Cl)c1NC(=O)c1cc(Br)ccc1I. The van der Waals surface area contributed by atoms with Crippen LogP contribution in [0.15, 0.2) is 28.7 Å². The summed E-state index contributed by atoms with van der Waals surface area (Å²) in [6.07, 6.45) is 0. The van der Waals surface area contributed by atoms with E-state index in [1.165, 1.54) is 0 Å². The van der Waals surface area contributed by atoms with Crippen molar-refractivity contribution in [3.8, 4) is 0 Å². The molecule has 0 aliphatic heterocycles. The number of amides is 1. The lowest BCUT2D eigenvalue weighted by molar-refractivity contribution is 0.102. The molecule has 1 amide bonds. The molecule has 0 saturated heterocycles. The van der Waals surface area contributed by atoms with Gasteiger partial charge in [-0.15, -0.1) is 0 Å². The Bertz CT molecular complexity index is 671. The topological polar surface area (TPSA) is 42.0 Å². The molecule has 2 aromatic rings. The maximum absolute atomic E-state index is 12.3. The molecule has 20 heavy (non-hydrogen) atoms. The van der Waals surface area contributed by atoms with Gasteiger partial charge in [0.05, 0.1) is 11.3 Å². The van der Waals surface area contributed by atoms with Crippen LogP contribution >= 0.6 is 61.7 Å². The van der Waals surface area contributed by atoms with Crippen molar-refractivity contribution in [2.24, 2.45) is 0 Å². The Balaban J connectivity index is 2.35. The van der Waals surface area contributed by atoms with Crippen molar-refractivity contribution >= 4 is 73.3 Å². The molecule has 0 fully saturated rings. The lowest BCUT2D eigenvalue weighted by Crippen LogP contribution is -2.15. The molecular formula is C13H8BrCl2IN2O. The fourth-order valence-electron chi connectivity index (χ4n) is 1.60. The van der Waals surface area contributed by atoms with Gasteiger partial charge in [0.15, 0.2) is 5.15 Å². The van der Waals surface area contributed by atoms with Crippen molar-refractivity contribution in [3.63, 3.8) is 0 Å². The first-order valence-corrected chi connectivity index (χ1v) is 8.10. The van der Waals surface area contributed by atoms with Gasteiger partial charge in [-0.25, -0.2) is 4.98 Å². The summed E-state index contributed by atoms with van der Waals surface area (Å²) in [7, 11) is 0. The first-order chi connectivity index (χ1) is 9.38. The van der Waals surface area contributed by atoms with Crippen LogP contribution in [0.1, 0.15) is 15.9 Å². The summed E-state index contributed by atoms with van der Waals surface area (Å²) in [5.74, 6) is -0.246. The fourth-order valence-corrected chi connectivity index (χ4v) is 3.12. The molecule has 0 unspecified atom stereocenters. The average molecular weight is 486 g/mol. The summed E-state index contributed by atoms with van der Waals surface area (Å²) in [6, 6.07) is 7.13. The average Bonchev–Trinajstić information content (AvgIpc) is 2.36. The molecule has 0 bridgehead atoms. The van der Waals surface area contributed by atoms with Crippen LogP contribution in [0.4, 0.5) is 5.69 Å². The van der Waals surface area contributed by atoms with Gasteiger partial charge < -0.3 is 5.32 Å². The van der Waals surface area contributed by atoms with Gasteiger partial charge >= 0.3 is 0 Å². The van der Waals surface area contributed by atoms with Gasteiger partial charge in [0, 0.05) is 8.04 Å². The third-order valence-electron chi connectivity index (χ3n) is 2.55. The second-order valence-electron chi connectivity index (χ2n) is 4.01. The van der Waals surface area contributed by atoms with Crippen molar-refractivity contribution in [1.82, 2.24) is 4.98 Å². The van der Waals surface area contributed by atoms with Crippen molar-refractivity contribution in [3.05, 3.63) is 53.7 Å². The minimum atomic E-state index is -0.246. The minimum Gasteiger partial charge on any atom is -0.319 e. The zero-order valence-corrected chi connectivity index (χ0v) is 15.4. The van der Waals surface area contributed by atoms with E-state index >= 15 is 0 Å². The van der Waals surface area contributed by atoms with E-state index in [1.807, 2.05) is 12.1 Å². The van der Waals surface area contributed by atoms with Gasteiger partial charge in [0.1, 0.15) is 5.15 Å². The number of pyridine rings is 1. The number of nitrogens with one attached hydrogen (secondary N) is 1. The van der Waals surface area contributed by atoms with Crippen LogP contribution in [-0.2, 0) is 0 Å². The highest BCUT2D eigenvalue weighted by molar-refractivity contribution is 14.1. The molecule has 0 radical (unpaired) electrons. The molecule has 0 atom stereocenters. The quantitative estimate of drug-likeness (QED) is 0.462. The Hall–Kier alpha value is -0.370. The van der Waals surface area contributed by atoms with Crippen LogP contribution in [0.25, 0.3) is 0 Å². The summed E-state index contributed by atoms with van der Waals surface area (Å²) in [5, 5.41) is 3.24. The number of hydrogen-bond acceptors (Lipinski definition) is 2. The van der Waals surface area contributed by atoms with Gasteiger partial charge in [-0.2, -0.15) is 0 Å². The number of carbonyl (C=O) groups is 1. The maximum atomic E-state index is 12.3. The molecule has 104 valence electrons. The van der Waals surface area contributed by atoms with E-state index in [-0.39, 0.29) is 11.1 Å². The Labute approximate surface area is 148 Å². The Morgan fingerprint density at radius 1 is 1.35 bits per heavy atom. The van der Waals surface area contributed by atoms with E-state index in [9.17, 15) is 4.79 Å². The van der Waals surface area contributed by atoms with Gasteiger partial charge in [-0.3, -0.25) is 4.79 Å². The molecule has 1 N–H and O–H groups in total. The van der Waals surface area contributed by atoms with Crippen LogP contribution in [0.5, 0.6) is 0 Å². The smallest absolute Gasteiger partial charge is 0.256 e. The third kappa shape index (κ3) is 3.63. The van der Waals surface area contributed by atoms with E-state index in [1.54, 1.807) is 19.1 Å². The zero-order valence-electron chi connectivity index (χ0n) is 10.2. The highest BCUT2D eigenvalue weighted by Gasteiger charge is 2.15. The van der Waals surface area contributed by atoms with Crippen LogP contribution in [0.3, 0.4) is 0 Å². The number of rotatable bonds is 2. The number of halogens is 4. The molecule has 1 aromatic carbocycles. The molecule has 0 saturated carbocycles. The Morgan fingerprint density at radius 3 is 2.70 bits per heavy atom. The van der Waals surface area contributed by atoms with E-state index in [0.29, 0.717) is 16.4 Å². The lowest BCUT2D eigenvalue weighted by Gasteiger charge is -2.11. The fraction of sp³-hybridized carbons (Fsp3) is 0.0769.